The Bertz CT molecular complexity index is 329. The lowest BCUT2D eigenvalue weighted by molar-refractivity contribution is -0.131. The fourth-order valence-electron chi connectivity index (χ4n) is 2.18. The first kappa shape index (κ1) is 11.1. The predicted octanol–water partition coefficient (Wildman–Crippen LogP) is -1.00. The van der Waals surface area contributed by atoms with Gasteiger partial charge >= 0.3 is 0 Å². The topological polar surface area (TPSA) is 84.2 Å². The lowest BCUT2D eigenvalue weighted by Gasteiger charge is -2.15. The summed E-state index contributed by atoms with van der Waals surface area (Å²) in [7, 11) is 0. The Morgan fingerprint density at radius 2 is 2.06 bits per heavy atom. The zero-order valence-electron chi connectivity index (χ0n) is 9.11. The van der Waals surface area contributed by atoms with Crippen LogP contribution in [0.4, 0.5) is 0 Å². The van der Waals surface area contributed by atoms with Crippen molar-refractivity contribution in [2.24, 2.45) is 23.5 Å². The quantitative estimate of drug-likeness (QED) is 0.534. The molecule has 1 saturated carbocycles. The monoisotopic (exact) mass is 223 g/mol. The van der Waals surface area contributed by atoms with Crippen molar-refractivity contribution >= 4 is 11.8 Å². The Kier molecular flexibility index (Phi) is 2.96. The number of nitrogens with two attached hydrogens (primary N) is 1. The summed E-state index contributed by atoms with van der Waals surface area (Å²) in [6.45, 7) is 4.72. The zero-order chi connectivity index (χ0) is 11.7. The Hall–Kier alpha value is -1.36. The summed E-state index contributed by atoms with van der Waals surface area (Å²) in [6.07, 6.45) is 2.81. The fourth-order valence-corrected chi connectivity index (χ4v) is 2.18. The van der Waals surface area contributed by atoms with E-state index in [0.717, 1.165) is 6.42 Å². The molecule has 1 aliphatic heterocycles. The van der Waals surface area contributed by atoms with Crippen molar-refractivity contribution in [2.45, 2.75) is 12.5 Å². The molecule has 1 aliphatic carbocycles. The maximum absolute atomic E-state index is 11.9. The molecule has 16 heavy (non-hydrogen) atoms. The van der Waals surface area contributed by atoms with Gasteiger partial charge in [0.05, 0.1) is 11.8 Å². The highest BCUT2D eigenvalue weighted by Crippen LogP contribution is 2.31. The maximum atomic E-state index is 11.9. The molecule has 4 atom stereocenters. The molecular weight excluding hydrogens is 206 g/mol. The minimum Gasteiger partial charge on any atom is -0.369 e. The average molecular weight is 223 g/mol. The molecule has 2 amide bonds. The Morgan fingerprint density at radius 1 is 1.38 bits per heavy atom. The summed E-state index contributed by atoms with van der Waals surface area (Å²) < 4.78 is 0. The van der Waals surface area contributed by atoms with E-state index in [1.54, 1.807) is 0 Å². The molecular formula is C11H17N3O2. The zero-order valence-corrected chi connectivity index (χ0v) is 9.11. The molecule has 0 aromatic heterocycles. The summed E-state index contributed by atoms with van der Waals surface area (Å²) in [5.41, 5.74) is 5.25. The highest BCUT2D eigenvalue weighted by Gasteiger charge is 2.41. The molecule has 5 nitrogen and oxygen atoms in total. The van der Waals surface area contributed by atoms with Crippen molar-refractivity contribution in [2.75, 3.05) is 13.1 Å². The van der Waals surface area contributed by atoms with E-state index in [2.05, 4.69) is 17.2 Å². The van der Waals surface area contributed by atoms with Crippen LogP contribution in [0.3, 0.4) is 0 Å². The van der Waals surface area contributed by atoms with E-state index in [0.29, 0.717) is 19.0 Å². The smallest absolute Gasteiger partial charge is 0.225 e. The van der Waals surface area contributed by atoms with Crippen LogP contribution in [0.1, 0.15) is 6.42 Å². The minimum atomic E-state index is -0.402. The third kappa shape index (κ3) is 2.09. The number of carbonyl (C=O) groups is 2. The van der Waals surface area contributed by atoms with Crippen LogP contribution in [0, 0.1) is 17.8 Å². The van der Waals surface area contributed by atoms with Crippen LogP contribution in [0.5, 0.6) is 0 Å². The second-order valence-electron chi connectivity index (χ2n) is 4.52. The molecule has 88 valence electrons. The highest BCUT2D eigenvalue weighted by atomic mass is 16.2. The van der Waals surface area contributed by atoms with Crippen LogP contribution >= 0.6 is 0 Å². The molecule has 0 aromatic rings. The fraction of sp³-hybridized carbons (Fsp3) is 0.636. The van der Waals surface area contributed by atoms with Crippen molar-refractivity contribution in [1.82, 2.24) is 10.6 Å². The Balaban J connectivity index is 1.89. The van der Waals surface area contributed by atoms with Crippen molar-refractivity contribution in [3.05, 3.63) is 12.7 Å². The SMILES string of the molecule is C=C[C@H]1C[C@@H]1NC(=O)[C@@H]1CNC[C@H]1C(N)=O. The Labute approximate surface area is 94.5 Å². The van der Waals surface area contributed by atoms with Crippen LogP contribution in [0.15, 0.2) is 12.7 Å². The molecule has 2 aliphatic rings. The molecule has 0 bridgehead atoms. The first-order valence-corrected chi connectivity index (χ1v) is 5.56. The van der Waals surface area contributed by atoms with Gasteiger partial charge in [0.2, 0.25) is 11.8 Å². The van der Waals surface area contributed by atoms with Gasteiger partial charge in [0.15, 0.2) is 0 Å². The summed E-state index contributed by atoms with van der Waals surface area (Å²) >= 11 is 0. The first-order valence-electron chi connectivity index (χ1n) is 5.56. The number of hydrogen-bond acceptors (Lipinski definition) is 3. The van der Waals surface area contributed by atoms with Gasteiger partial charge in [0.25, 0.3) is 0 Å². The molecule has 5 heteroatoms. The third-order valence-electron chi connectivity index (χ3n) is 3.39. The summed E-state index contributed by atoms with van der Waals surface area (Å²) in [4.78, 5) is 23.0. The van der Waals surface area contributed by atoms with E-state index in [1.807, 2.05) is 6.08 Å². The van der Waals surface area contributed by atoms with Crippen molar-refractivity contribution in [3.8, 4) is 0 Å². The normalized spacial score (nSPS) is 36.8. The molecule has 2 rings (SSSR count). The molecule has 0 radical (unpaired) electrons. The predicted molar refractivity (Wildman–Crippen MR) is 59.3 cm³/mol. The van der Waals surface area contributed by atoms with Crippen molar-refractivity contribution in [1.29, 1.82) is 0 Å². The summed E-state index contributed by atoms with van der Waals surface area (Å²) in [6, 6.07) is 0.208. The van der Waals surface area contributed by atoms with Crippen LogP contribution in [0.25, 0.3) is 0 Å². The number of primary amides is 1. The number of carbonyl (C=O) groups excluding carboxylic acids is 2. The van der Waals surface area contributed by atoms with Crippen LogP contribution in [-0.4, -0.2) is 30.9 Å². The molecule has 0 aromatic carbocycles. The van der Waals surface area contributed by atoms with E-state index < -0.39 is 5.91 Å². The molecule has 1 heterocycles. The Morgan fingerprint density at radius 3 is 2.62 bits per heavy atom. The summed E-state index contributed by atoms with van der Waals surface area (Å²) in [5.74, 6) is -0.765. The van der Waals surface area contributed by atoms with Crippen molar-refractivity contribution in [3.63, 3.8) is 0 Å². The van der Waals surface area contributed by atoms with Crippen LogP contribution < -0.4 is 16.4 Å². The van der Waals surface area contributed by atoms with Gasteiger partial charge in [-0.25, -0.2) is 0 Å². The van der Waals surface area contributed by atoms with Gasteiger partial charge in [-0.1, -0.05) is 6.08 Å². The minimum absolute atomic E-state index is 0.0665. The molecule has 0 unspecified atom stereocenters. The van der Waals surface area contributed by atoms with Gasteiger partial charge in [0, 0.05) is 19.1 Å². The number of rotatable bonds is 4. The van der Waals surface area contributed by atoms with Gasteiger partial charge in [-0.3, -0.25) is 9.59 Å². The van der Waals surface area contributed by atoms with Gasteiger partial charge in [-0.2, -0.15) is 0 Å². The van der Waals surface area contributed by atoms with E-state index in [9.17, 15) is 9.59 Å². The van der Waals surface area contributed by atoms with Crippen LogP contribution in [-0.2, 0) is 9.59 Å². The van der Waals surface area contributed by atoms with E-state index in [-0.39, 0.29) is 23.8 Å². The van der Waals surface area contributed by atoms with E-state index in [4.69, 9.17) is 5.73 Å². The largest absolute Gasteiger partial charge is 0.369 e. The summed E-state index contributed by atoms with van der Waals surface area (Å²) in [5, 5.41) is 5.95. The average Bonchev–Trinajstić information content (AvgIpc) is 2.80. The van der Waals surface area contributed by atoms with Crippen LogP contribution in [0.2, 0.25) is 0 Å². The van der Waals surface area contributed by atoms with Gasteiger partial charge in [-0.05, 0) is 12.3 Å². The second kappa shape index (κ2) is 4.25. The van der Waals surface area contributed by atoms with Gasteiger partial charge in [0.1, 0.15) is 0 Å². The van der Waals surface area contributed by atoms with E-state index in [1.165, 1.54) is 0 Å². The van der Waals surface area contributed by atoms with Crippen molar-refractivity contribution < 1.29 is 9.59 Å². The lowest BCUT2D eigenvalue weighted by atomic mass is 9.94. The first-order chi connectivity index (χ1) is 7.63. The molecule has 1 saturated heterocycles. The second-order valence-corrected chi connectivity index (χ2v) is 4.52. The van der Waals surface area contributed by atoms with Gasteiger partial charge < -0.3 is 16.4 Å². The molecule has 2 fully saturated rings. The lowest BCUT2D eigenvalue weighted by Crippen LogP contribution is -2.40. The standard InChI is InChI=1S/C11H17N3O2/c1-2-6-3-9(6)14-11(16)8-5-13-4-7(8)10(12)15/h2,6-9,13H,1,3-5H2,(H2,12,15)(H,14,16)/t6-,7+,8+,9-/m0/s1. The number of hydrogen-bond donors (Lipinski definition) is 3. The molecule has 0 spiro atoms. The number of nitrogens with one attached hydrogen (secondary N) is 2. The number of amides is 2. The maximum Gasteiger partial charge on any atom is 0.225 e. The van der Waals surface area contributed by atoms with Gasteiger partial charge in [-0.15, -0.1) is 6.58 Å². The third-order valence-corrected chi connectivity index (χ3v) is 3.39. The molecule has 4 N–H and O–H groups in total. The van der Waals surface area contributed by atoms with E-state index >= 15 is 0 Å². The highest BCUT2D eigenvalue weighted by molar-refractivity contribution is 5.88.